The van der Waals surface area contributed by atoms with Gasteiger partial charge in [-0.3, -0.25) is 4.79 Å². The number of aromatic nitrogens is 3. The smallest absolute Gasteiger partial charge is 0.420 e. The Balaban J connectivity index is 1.96. The quantitative estimate of drug-likeness (QED) is 0.394. The number of ether oxygens (including phenoxy) is 2. The van der Waals surface area contributed by atoms with Crippen molar-refractivity contribution in [3.63, 3.8) is 0 Å². The number of fused-ring (bicyclic) bond motifs is 1. The molecule has 36 heavy (non-hydrogen) atoms. The fourth-order valence-corrected chi connectivity index (χ4v) is 3.41. The highest BCUT2D eigenvalue weighted by Crippen LogP contribution is 2.36. The molecule has 0 saturated carbocycles. The van der Waals surface area contributed by atoms with Crippen LogP contribution in [0.25, 0.3) is 11.0 Å². The van der Waals surface area contributed by atoms with E-state index in [4.69, 9.17) is 15.2 Å². The van der Waals surface area contributed by atoms with Gasteiger partial charge in [-0.05, 0) is 45.0 Å². The molecule has 0 bridgehead atoms. The summed E-state index contributed by atoms with van der Waals surface area (Å²) in [5, 5.41) is 0. The first-order chi connectivity index (χ1) is 16.9. The zero-order valence-corrected chi connectivity index (χ0v) is 19.3. The Hall–Kier alpha value is -4.35. The van der Waals surface area contributed by atoms with E-state index in [2.05, 4.69) is 4.98 Å². The number of pyridine rings is 1. The molecule has 2 aromatic carbocycles. The van der Waals surface area contributed by atoms with Crippen LogP contribution in [0.15, 0.2) is 47.4 Å². The zero-order chi connectivity index (χ0) is 26.4. The van der Waals surface area contributed by atoms with Crippen LogP contribution in [0.4, 0.5) is 28.0 Å². The number of hydrogen-bond donors (Lipinski definition) is 1. The molecule has 0 aliphatic carbocycles. The van der Waals surface area contributed by atoms with E-state index < -0.39 is 63.1 Å². The maximum absolute atomic E-state index is 15.1. The summed E-state index contributed by atoms with van der Waals surface area (Å²) >= 11 is 0. The third-order valence-electron chi connectivity index (χ3n) is 4.90. The SMILES string of the molecule is CC(C)(C)OC(=O)n1c(Cn2cccc(N)c2=O)nc2c(Oc3ccc(F)cc3F)c(F)cc(F)c21. The number of nitrogens with zero attached hydrogens (tertiary/aromatic N) is 3. The molecule has 0 atom stereocenters. The molecular weight excluding hydrogens is 484 g/mol. The Morgan fingerprint density at radius 1 is 1.06 bits per heavy atom. The number of benzene rings is 2. The number of imidazole rings is 1. The summed E-state index contributed by atoms with van der Waals surface area (Å²) in [4.78, 5) is 29.7. The first-order valence-corrected chi connectivity index (χ1v) is 10.6. The third-order valence-corrected chi connectivity index (χ3v) is 4.90. The van der Waals surface area contributed by atoms with Gasteiger partial charge in [-0.1, -0.05) is 0 Å². The van der Waals surface area contributed by atoms with Crippen molar-refractivity contribution in [1.82, 2.24) is 14.1 Å². The van der Waals surface area contributed by atoms with Crippen molar-refractivity contribution in [1.29, 1.82) is 0 Å². The molecule has 0 amide bonds. The van der Waals surface area contributed by atoms with Gasteiger partial charge in [-0.15, -0.1) is 0 Å². The van der Waals surface area contributed by atoms with E-state index in [0.29, 0.717) is 12.1 Å². The van der Waals surface area contributed by atoms with Gasteiger partial charge in [0.25, 0.3) is 5.56 Å². The van der Waals surface area contributed by atoms with E-state index in [1.165, 1.54) is 18.3 Å². The Morgan fingerprint density at radius 2 is 1.78 bits per heavy atom. The molecule has 0 radical (unpaired) electrons. The second-order valence-corrected chi connectivity index (χ2v) is 8.78. The number of nitrogens with two attached hydrogens (primary N) is 1. The van der Waals surface area contributed by atoms with Crippen LogP contribution in [-0.2, 0) is 11.3 Å². The summed E-state index contributed by atoms with van der Waals surface area (Å²) in [7, 11) is 0. The molecule has 2 aromatic heterocycles. The van der Waals surface area contributed by atoms with E-state index >= 15 is 4.39 Å². The first-order valence-electron chi connectivity index (χ1n) is 10.6. The molecule has 12 heteroatoms. The fourth-order valence-electron chi connectivity index (χ4n) is 3.41. The first kappa shape index (κ1) is 24.8. The molecule has 0 unspecified atom stereocenters. The Bertz CT molecular complexity index is 1560. The van der Waals surface area contributed by atoms with Crippen LogP contribution in [0.2, 0.25) is 0 Å². The highest BCUT2D eigenvalue weighted by atomic mass is 19.1. The molecule has 2 N–H and O–H groups in total. The average molecular weight is 504 g/mol. The Kier molecular flexibility index (Phi) is 6.21. The summed E-state index contributed by atoms with van der Waals surface area (Å²) in [5.74, 6) is -6.01. The fraction of sp³-hybridized carbons (Fsp3) is 0.208. The molecule has 0 aliphatic heterocycles. The highest BCUT2D eigenvalue weighted by molar-refractivity contribution is 5.91. The maximum Gasteiger partial charge on any atom is 0.420 e. The van der Waals surface area contributed by atoms with Crippen LogP contribution in [0, 0.1) is 23.3 Å². The van der Waals surface area contributed by atoms with Gasteiger partial charge in [0, 0.05) is 18.3 Å². The lowest BCUT2D eigenvalue weighted by molar-refractivity contribution is 0.0537. The topological polar surface area (TPSA) is 101 Å². The number of carbonyl (C=O) groups is 1. The highest BCUT2D eigenvalue weighted by Gasteiger charge is 2.29. The second kappa shape index (κ2) is 9.02. The van der Waals surface area contributed by atoms with Crippen molar-refractivity contribution in [3.8, 4) is 11.5 Å². The van der Waals surface area contributed by atoms with E-state index in [1.54, 1.807) is 20.8 Å². The van der Waals surface area contributed by atoms with Gasteiger partial charge >= 0.3 is 6.09 Å². The third kappa shape index (κ3) is 4.74. The molecule has 2 heterocycles. The van der Waals surface area contributed by atoms with Crippen LogP contribution in [0.5, 0.6) is 11.5 Å². The maximum atomic E-state index is 15.1. The molecule has 0 fully saturated rings. The standard InChI is InChI=1S/C24H20F4N4O4/c1-24(2,3)36-23(34)32-18(11-31-8-4-5-16(29)22(31)33)30-19-20(32)14(27)10-15(28)21(19)35-17-7-6-12(25)9-13(17)26/h4-10H,11,29H2,1-3H3. The van der Waals surface area contributed by atoms with Gasteiger partial charge in [-0.25, -0.2) is 31.9 Å². The summed E-state index contributed by atoms with van der Waals surface area (Å²) in [6.07, 6.45) is 0.293. The van der Waals surface area contributed by atoms with Gasteiger partial charge in [0.15, 0.2) is 29.0 Å². The predicted octanol–water partition coefficient (Wildman–Crippen LogP) is 4.96. The lowest BCUT2D eigenvalue weighted by Gasteiger charge is -2.20. The summed E-state index contributed by atoms with van der Waals surface area (Å²) < 4.78 is 69.9. The van der Waals surface area contributed by atoms with Crippen LogP contribution >= 0.6 is 0 Å². The minimum atomic E-state index is -1.26. The lowest BCUT2D eigenvalue weighted by Crippen LogP contribution is -2.30. The van der Waals surface area contributed by atoms with Gasteiger partial charge < -0.3 is 19.8 Å². The van der Waals surface area contributed by atoms with Crippen LogP contribution in [0.3, 0.4) is 0 Å². The molecule has 4 rings (SSSR count). The van der Waals surface area contributed by atoms with Crippen molar-refractivity contribution in [2.45, 2.75) is 32.9 Å². The van der Waals surface area contributed by atoms with Crippen molar-refractivity contribution in [2.75, 3.05) is 5.73 Å². The second-order valence-electron chi connectivity index (χ2n) is 8.78. The van der Waals surface area contributed by atoms with E-state index in [1.807, 2.05) is 0 Å². The zero-order valence-electron chi connectivity index (χ0n) is 19.3. The molecular formula is C24H20F4N4O4. The van der Waals surface area contributed by atoms with Crippen molar-refractivity contribution >= 4 is 22.8 Å². The van der Waals surface area contributed by atoms with Crippen LogP contribution < -0.4 is 16.0 Å². The molecule has 8 nitrogen and oxygen atoms in total. The molecule has 0 aliphatic rings. The van der Waals surface area contributed by atoms with E-state index in [9.17, 15) is 22.8 Å². The monoisotopic (exact) mass is 504 g/mol. The average Bonchev–Trinajstić information content (AvgIpc) is 3.14. The number of nitrogen functional groups attached to an aromatic ring is 1. The van der Waals surface area contributed by atoms with Crippen molar-refractivity contribution in [3.05, 3.63) is 82.0 Å². The normalized spacial score (nSPS) is 11.6. The summed E-state index contributed by atoms with van der Waals surface area (Å²) in [6.45, 7) is 4.35. The minimum Gasteiger partial charge on any atom is -0.449 e. The summed E-state index contributed by atoms with van der Waals surface area (Å²) in [6, 6.07) is 5.59. The van der Waals surface area contributed by atoms with Gasteiger partial charge in [0.2, 0.25) is 0 Å². The van der Waals surface area contributed by atoms with Gasteiger partial charge in [0.1, 0.15) is 28.3 Å². The van der Waals surface area contributed by atoms with Crippen molar-refractivity contribution < 1.29 is 31.8 Å². The number of halogens is 4. The number of anilines is 1. The lowest BCUT2D eigenvalue weighted by atomic mass is 10.2. The molecule has 188 valence electrons. The largest absolute Gasteiger partial charge is 0.449 e. The number of hydrogen-bond acceptors (Lipinski definition) is 6. The van der Waals surface area contributed by atoms with E-state index in [0.717, 1.165) is 21.3 Å². The predicted molar refractivity (Wildman–Crippen MR) is 122 cm³/mol. The van der Waals surface area contributed by atoms with Crippen LogP contribution in [-0.4, -0.2) is 25.8 Å². The number of carbonyl (C=O) groups excluding carboxylic acids is 1. The number of rotatable bonds is 4. The molecule has 4 aromatic rings. The Morgan fingerprint density at radius 3 is 2.44 bits per heavy atom. The van der Waals surface area contributed by atoms with Crippen molar-refractivity contribution in [2.24, 2.45) is 0 Å². The molecule has 0 saturated heterocycles. The Labute approximate surface area is 201 Å². The van der Waals surface area contributed by atoms with Crippen LogP contribution in [0.1, 0.15) is 26.6 Å². The van der Waals surface area contributed by atoms with Gasteiger partial charge in [0.05, 0.1) is 12.2 Å². The van der Waals surface area contributed by atoms with E-state index in [-0.39, 0.29) is 18.1 Å². The molecule has 0 spiro atoms. The summed E-state index contributed by atoms with van der Waals surface area (Å²) in [5.41, 5.74) is 2.93. The minimum absolute atomic E-state index is 0.0922. The van der Waals surface area contributed by atoms with Gasteiger partial charge in [-0.2, -0.15) is 0 Å².